The molecule has 0 saturated carbocycles. The van der Waals surface area contributed by atoms with E-state index in [0.717, 1.165) is 10.2 Å². The van der Waals surface area contributed by atoms with Gasteiger partial charge < -0.3 is 19.5 Å². The lowest BCUT2D eigenvalue weighted by molar-refractivity contribution is -0.127. The van der Waals surface area contributed by atoms with Crippen LogP contribution in [-0.4, -0.2) is 31.3 Å². The summed E-state index contributed by atoms with van der Waals surface area (Å²) >= 11 is 3.36. The van der Waals surface area contributed by atoms with Crippen LogP contribution in [0.25, 0.3) is 0 Å². The molecule has 3 rings (SSSR count). The Hall–Kier alpha value is -2.21. The fraction of sp³-hybridized carbons (Fsp3) is 0.278. The number of hydrogen-bond donors (Lipinski definition) is 1. The number of halogens is 1. The predicted molar refractivity (Wildman–Crippen MR) is 93.6 cm³/mol. The monoisotopic (exact) mass is 391 g/mol. The number of fused-ring (bicyclic) bond motifs is 1. The van der Waals surface area contributed by atoms with Crippen molar-refractivity contribution in [1.29, 1.82) is 0 Å². The van der Waals surface area contributed by atoms with E-state index < -0.39 is 6.10 Å². The van der Waals surface area contributed by atoms with Gasteiger partial charge in [0.15, 0.2) is 17.6 Å². The number of amides is 1. The number of benzene rings is 2. The summed E-state index contributed by atoms with van der Waals surface area (Å²) in [7, 11) is 0. The van der Waals surface area contributed by atoms with Gasteiger partial charge in [0.1, 0.15) is 18.5 Å². The lowest BCUT2D eigenvalue weighted by atomic mass is 10.2. The first kappa shape index (κ1) is 16.6. The van der Waals surface area contributed by atoms with Gasteiger partial charge in [-0.25, -0.2) is 0 Å². The molecule has 2 aromatic carbocycles. The number of para-hydroxylation sites is 2. The molecule has 2 atom stereocenters. The molecule has 0 aromatic heterocycles. The van der Waals surface area contributed by atoms with Crippen molar-refractivity contribution in [3.8, 4) is 17.2 Å². The fourth-order valence-corrected chi connectivity index (χ4v) is 2.56. The predicted octanol–water partition coefficient (Wildman–Crippen LogP) is 3.17. The van der Waals surface area contributed by atoms with Crippen molar-refractivity contribution in [2.45, 2.75) is 19.1 Å². The zero-order valence-electron chi connectivity index (χ0n) is 13.2. The molecule has 1 aliphatic rings. The van der Waals surface area contributed by atoms with Crippen LogP contribution in [0.2, 0.25) is 0 Å². The highest BCUT2D eigenvalue weighted by Gasteiger charge is 2.22. The number of carbonyl (C=O) groups excluding carboxylic acids is 1. The maximum absolute atomic E-state index is 12.2. The van der Waals surface area contributed by atoms with Gasteiger partial charge in [0, 0.05) is 4.47 Å². The van der Waals surface area contributed by atoms with E-state index in [-0.39, 0.29) is 12.0 Å². The van der Waals surface area contributed by atoms with Crippen LogP contribution in [0.5, 0.6) is 17.2 Å². The zero-order valence-corrected chi connectivity index (χ0v) is 14.8. The summed E-state index contributed by atoms with van der Waals surface area (Å²) in [4.78, 5) is 12.2. The maximum Gasteiger partial charge on any atom is 0.260 e. The van der Waals surface area contributed by atoms with E-state index in [4.69, 9.17) is 14.2 Å². The van der Waals surface area contributed by atoms with Gasteiger partial charge in [0.05, 0.1) is 6.54 Å². The average Bonchev–Trinajstić information content (AvgIpc) is 2.61. The molecule has 0 fully saturated rings. The average molecular weight is 392 g/mol. The van der Waals surface area contributed by atoms with Crippen molar-refractivity contribution in [1.82, 2.24) is 5.32 Å². The quantitative estimate of drug-likeness (QED) is 0.850. The lowest BCUT2D eigenvalue weighted by Crippen LogP contribution is -2.44. The molecule has 1 N–H and O–H groups in total. The molecule has 0 saturated heterocycles. The molecule has 1 amide bonds. The van der Waals surface area contributed by atoms with Crippen LogP contribution in [0.15, 0.2) is 53.0 Å². The number of nitrogens with one attached hydrogen (secondary N) is 1. The maximum atomic E-state index is 12.2. The normalized spacial score (nSPS) is 17.0. The molecule has 0 radical (unpaired) electrons. The fourth-order valence-electron chi connectivity index (χ4n) is 2.29. The van der Waals surface area contributed by atoms with Crippen LogP contribution in [0.1, 0.15) is 6.92 Å². The van der Waals surface area contributed by atoms with Crippen molar-refractivity contribution in [2.75, 3.05) is 13.2 Å². The SMILES string of the molecule is C[C@@H](Oc1ccc(Br)cc1)C(=O)NC[C@H]1COc2ccccc2O1. The van der Waals surface area contributed by atoms with E-state index in [9.17, 15) is 4.79 Å². The summed E-state index contributed by atoms with van der Waals surface area (Å²) < 4.78 is 18.0. The lowest BCUT2D eigenvalue weighted by Gasteiger charge is -2.27. The van der Waals surface area contributed by atoms with E-state index >= 15 is 0 Å². The van der Waals surface area contributed by atoms with Crippen LogP contribution in [0.3, 0.4) is 0 Å². The Bertz CT molecular complexity index is 704. The molecule has 126 valence electrons. The van der Waals surface area contributed by atoms with Gasteiger partial charge in [-0.1, -0.05) is 28.1 Å². The minimum atomic E-state index is -0.594. The first-order valence-corrected chi connectivity index (χ1v) is 8.49. The molecule has 24 heavy (non-hydrogen) atoms. The van der Waals surface area contributed by atoms with E-state index in [1.54, 1.807) is 6.92 Å². The van der Waals surface area contributed by atoms with Gasteiger partial charge in [0.25, 0.3) is 5.91 Å². The second kappa shape index (κ2) is 7.57. The van der Waals surface area contributed by atoms with Gasteiger partial charge in [0.2, 0.25) is 0 Å². The highest BCUT2D eigenvalue weighted by atomic mass is 79.9. The second-order valence-electron chi connectivity index (χ2n) is 5.46. The Kier molecular flexibility index (Phi) is 5.25. The summed E-state index contributed by atoms with van der Waals surface area (Å²) in [6.07, 6.45) is -0.813. The van der Waals surface area contributed by atoms with Gasteiger partial charge in [-0.05, 0) is 43.3 Å². The summed E-state index contributed by atoms with van der Waals surface area (Å²) in [5, 5.41) is 2.84. The summed E-state index contributed by atoms with van der Waals surface area (Å²) in [5.41, 5.74) is 0. The van der Waals surface area contributed by atoms with Crippen LogP contribution < -0.4 is 19.5 Å². The Morgan fingerprint density at radius 1 is 1.25 bits per heavy atom. The zero-order chi connectivity index (χ0) is 16.9. The van der Waals surface area contributed by atoms with E-state index in [1.807, 2.05) is 48.5 Å². The molecule has 0 spiro atoms. The van der Waals surface area contributed by atoms with Gasteiger partial charge in [-0.15, -0.1) is 0 Å². The van der Waals surface area contributed by atoms with Crippen molar-refractivity contribution in [3.63, 3.8) is 0 Å². The van der Waals surface area contributed by atoms with Gasteiger partial charge in [-0.3, -0.25) is 4.79 Å². The molecule has 5 nitrogen and oxygen atoms in total. The highest BCUT2D eigenvalue weighted by molar-refractivity contribution is 9.10. The van der Waals surface area contributed by atoms with Crippen LogP contribution in [0.4, 0.5) is 0 Å². The van der Waals surface area contributed by atoms with E-state index in [0.29, 0.717) is 24.7 Å². The molecule has 0 bridgehead atoms. The minimum Gasteiger partial charge on any atom is -0.486 e. The summed E-state index contributed by atoms with van der Waals surface area (Å²) in [6, 6.07) is 14.8. The highest BCUT2D eigenvalue weighted by Crippen LogP contribution is 2.30. The van der Waals surface area contributed by atoms with Gasteiger partial charge >= 0.3 is 0 Å². The third-order valence-corrected chi connectivity index (χ3v) is 4.10. The second-order valence-corrected chi connectivity index (χ2v) is 6.37. The first-order valence-electron chi connectivity index (χ1n) is 7.70. The van der Waals surface area contributed by atoms with E-state index in [1.165, 1.54) is 0 Å². The van der Waals surface area contributed by atoms with Crippen LogP contribution in [0, 0.1) is 0 Å². The Balaban J connectivity index is 1.48. The number of rotatable bonds is 5. The molecule has 0 aliphatic carbocycles. The first-order chi connectivity index (χ1) is 11.6. The molecule has 2 aromatic rings. The molecule has 6 heteroatoms. The largest absolute Gasteiger partial charge is 0.486 e. The Morgan fingerprint density at radius 3 is 2.71 bits per heavy atom. The van der Waals surface area contributed by atoms with Crippen molar-refractivity contribution in [2.24, 2.45) is 0 Å². The standard InChI is InChI=1S/C18H18BrNO4/c1-12(23-14-8-6-13(19)7-9-14)18(21)20-10-15-11-22-16-4-2-3-5-17(16)24-15/h2-9,12,15H,10-11H2,1H3,(H,20,21)/t12-,15+/m1/s1. The molecule has 0 unspecified atom stereocenters. The van der Waals surface area contributed by atoms with E-state index in [2.05, 4.69) is 21.2 Å². The van der Waals surface area contributed by atoms with Crippen LogP contribution >= 0.6 is 15.9 Å². The number of carbonyl (C=O) groups is 1. The molecule has 1 heterocycles. The van der Waals surface area contributed by atoms with Crippen molar-refractivity contribution in [3.05, 3.63) is 53.0 Å². The topological polar surface area (TPSA) is 56.8 Å². The minimum absolute atomic E-state index is 0.194. The third kappa shape index (κ3) is 4.20. The molecule has 1 aliphatic heterocycles. The Morgan fingerprint density at radius 2 is 1.96 bits per heavy atom. The molecular formula is C18H18BrNO4. The summed E-state index contributed by atoms with van der Waals surface area (Å²) in [5.74, 6) is 1.88. The number of ether oxygens (including phenoxy) is 3. The Labute approximate surface area is 149 Å². The molecular weight excluding hydrogens is 374 g/mol. The smallest absolute Gasteiger partial charge is 0.260 e. The number of hydrogen-bond acceptors (Lipinski definition) is 4. The van der Waals surface area contributed by atoms with Gasteiger partial charge in [-0.2, -0.15) is 0 Å². The van der Waals surface area contributed by atoms with Crippen molar-refractivity contribution >= 4 is 21.8 Å². The van der Waals surface area contributed by atoms with Crippen LogP contribution in [-0.2, 0) is 4.79 Å². The van der Waals surface area contributed by atoms with Crippen molar-refractivity contribution < 1.29 is 19.0 Å². The third-order valence-electron chi connectivity index (χ3n) is 3.57. The summed E-state index contributed by atoms with van der Waals surface area (Å²) in [6.45, 7) is 2.48.